The van der Waals surface area contributed by atoms with Gasteiger partial charge in [-0.05, 0) is 38.0 Å². The number of ether oxygens (including phenoxy) is 1. The van der Waals surface area contributed by atoms with E-state index in [-0.39, 0.29) is 49.4 Å². The summed E-state index contributed by atoms with van der Waals surface area (Å²) in [7, 11) is 0. The van der Waals surface area contributed by atoms with Gasteiger partial charge in [0.15, 0.2) is 0 Å². The van der Waals surface area contributed by atoms with Crippen molar-refractivity contribution in [1.82, 2.24) is 0 Å². The second kappa shape index (κ2) is 15.8. The first-order valence-electron chi connectivity index (χ1n) is 11.9. The van der Waals surface area contributed by atoms with Crippen LogP contribution in [0.15, 0.2) is 24.3 Å². The van der Waals surface area contributed by atoms with E-state index in [0.717, 1.165) is 32.1 Å². The SMILES string of the molecule is CCCCC(C)[C@H](O)C=C[C@H]1[C@H](O)CC(=O)[C@@H]1CC=CCCCCOC(=O)CCC(=O)O. The summed E-state index contributed by atoms with van der Waals surface area (Å²) in [5.41, 5.74) is 0. The molecule has 1 rings (SSSR count). The Morgan fingerprint density at radius 2 is 1.94 bits per heavy atom. The number of esters is 1. The third-order valence-electron chi connectivity index (χ3n) is 5.99. The van der Waals surface area contributed by atoms with Crippen LogP contribution in [0.25, 0.3) is 0 Å². The standard InChI is InChI=1S/C25H40O7/c1-3-4-10-18(2)21(26)13-12-20-19(22(27)17-23(20)28)11-8-6-5-7-9-16-32-25(31)15-14-24(29)30/h6,8,12-13,18-21,23,26,28H,3-5,7,9-11,14-17H2,1-2H3,(H,29,30)/t18?,19-,20-,21-,23-/m1/s1. The Hall–Kier alpha value is -1.99. The van der Waals surface area contributed by atoms with Gasteiger partial charge in [0.1, 0.15) is 5.78 Å². The van der Waals surface area contributed by atoms with Gasteiger partial charge in [-0.15, -0.1) is 0 Å². The Balaban J connectivity index is 2.35. The van der Waals surface area contributed by atoms with E-state index in [1.165, 1.54) is 0 Å². The number of hydrogen-bond acceptors (Lipinski definition) is 6. The van der Waals surface area contributed by atoms with Crippen molar-refractivity contribution < 1.29 is 34.4 Å². The average molecular weight is 453 g/mol. The molecule has 5 atom stereocenters. The highest BCUT2D eigenvalue weighted by Crippen LogP contribution is 2.33. The highest BCUT2D eigenvalue weighted by molar-refractivity contribution is 5.84. The number of carbonyl (C=O) groups excluding carboxylic acids is 2. The molecule has 0 heterocycles. The van der Waals surface area contributed by atoms with Crippen LogP contribution in [0.2, 0.25) is 0 Å². The van der Waals surface area contributed by atoms with Gasteiger partial charge >= 0.3 is 11.9 Å². The fourth-order valence-electron chi connectivity index (χ4n) is 3.85. The van der Waals surface area contributed by atoms with Gasteiger partial charge in [-0.2, -0.15) is 0 Å². The number of hydrogen-bond donors (Lipinski definition) is 3. The lowest BCUT2D eigenvalue weighted by Crippen LogP contribution is -2.20. The van der Waals surface area contributed by atoms with Gasteiger partial charge < -0.3 is 20.1 Å². The van der Waals surface area contributed by atoms with Crippen molar-refractivity contribution >= 4 is 17.7 Å². The molecule has 1 saturated carbocycles. The molecule has 0 aliphatic heterocycles. The second-order valence-electron chi connectivity index (χ2n) is 8.73. The van der Waals surface area contributed by atoms with Crippen LogP contribution in [0.4, 0.5) is 0 Å². The predicted octanol–water partition coefficient (Wildman–Crippen LogP) is 3.82. The molecule has 0 spiro atoms. The third-order valence-corrected chi connectivity index (χ3v) is 5.99. The van der Waals surface area contributed by atoms with Crippen molar-refractivity contribution in [2.75, 3.05) is 6.61 Å². The molecule has 0 bridgehead atoms. The highest BCUT2D eigenvalue weighted by atomic mass is 16.5. The van der Waals surface area contributed by atoms with Crippen molar-refractivity contribution in [2.45, 2.75) is 90.3 Å². The Kier molecular flexibility index (Phi) is 13.8. The van der Waals surface area contributed by atoms with Crippen molar-refractivity contribution in [1.29, 1.82) is 0 Å². The van der Waals surface area contributed by atoms with Gasteiger partial charge in [-0.3, -0.25) is 14.4 Å². The molecule has 0 amide bonds. The third kappa shape index (κ3) is 11.0. The Labute approximate surface area is 191 Å². The number of carboxylic acids is 1. The average Bonchev–Trinajstić information content (AvgIpc) is 3.02. The summed E-state index contributed by atoms with van der Waals surface area (Å²) in [4.78, 5) is 34.0. The predicted molar refractivity (Wildman–Crippen MR) is 122 cm³/mol. The van der Waals surface area contributed by atoms with E-state index in [2.05, 4.69) is 6.92 Å². The number of ketones is 1. The van der Waals surface area contributed by atoms with E-state index in [1.54, 1.807) is 6.08 Å². The van der Waals surface area contributed by atoms with E-state index >= 15 is 0 Å². The quantitative estimate of drug-likeness (QED) is 0.185. The molecule has 0 aromatic carbocycles. The maximum atomic E-state index is 12.3. The van der Waals surface area contributed by atoms with Gasteiger partial charge in [0.05, 0.1) is 31.7 Å². The minimum Gasteiger partial charge on any atom is -0.481 e. The normalized spacial score (nSPS) is 23.1. The zero-order chi connectivity index (χ0) is 23.9. The van der Waals surface area contributed by atoms with Crippen LogP contribution in [-0.2, 0) is 19.1 Å². The molecule has 1 fully saturated rings. The lowest BCUT2D eigenvalue weighted by molar-refractivity contribution is -0.147. The van der Waals surface area contributed by atoms with Crippen molar-refractivity contribution in [3.8, 4) is 0 Å². The minimum absolute atomic E-state index is 0.0543. The van der Waals surface area contributed by atoms with Crippen LogP contribution >= 0.6 is 0 Å². The topological polar surface area (TPSA) is 121 Å². The number of unbranched alkanes of at least 4 members (excludes halogenated alkanes) is 3. The number of rotatable bonds is 16. The fraction of sp³-hybridized carbons (Fsp3) is 0.720. The second-order valence-corrected chi connectivity index (χ2v) is 8.73. The molecule has 3 N–H and O–H groups in total. The van der Waals surface area contributed by atoms with Crippen LogP contribution in [0.1, 0.15) is 78.1 Å². The summed E-state index contributed by atoms with van der Waals surface area (Å²) >= 11 is 0. The summed E-state index contributed by atoms with van der Waals surface area (Å²) < 4.78 is 4.98. The van der Waals surface area contributed by atoms with Crippen LogP contribution in [0.5, 0.6) is 0 Å². The molecule has 182 valence electrons. The molecule has 7 heteroatoms. The fourth-order valence-corrected chi connectivity index (χ4v) is 3.85. The molecule has 1 aliphatic carbocycles. The number of aliphatic hydroxyl groups excluding tert-OH is 2. The molecule has 1 aliphatic rings. The highest BCUT2D eigenvalue weighted by Gasteiger charge is 2.39. The number of aliphatic carboxylic acids is 1. The lowest BCUT2D eigenvalue weighted by atomic mass is 9.89. The number of Topliss-reactive ketones (excluding diaryl/α,β-unsaturated/α-hetero) is 1. The first-order valence-corrected chi connectivity index (χ1v) is 11.9. The molecule has 0 saturated heterocycles. The first kappa shape index (κ1) is 28.0. The van der Waals surface area contributed by atoms with Crippen LogP contribution in [0, 0.1) is 17.8 Å². The van der Waals surface area contributed by atoms with Crippen molar-refractivity contribution in [3.63, 3.8) is 0 Å². The summed E-state index contributed by atoms with van der Waals surface area (Å²) in [5.74, 6) is -1.86. The monoisotopic (exact) mass is 452 g/mol. The van der Waals surface area contributed by atoms with Crippen LogP contribution < -0.4 is 0 Å². The number of carboxylic acid groups (broad SMARTS) is 1. The molecule has 32 heavy (non-hydrogen) atoms. The maximum Gasteiger partial charge on any atom is 0.306 e. The van der Waals surface area contributed by atoms with E-state index in [1.807, 2.05) is 25.2 Å². The molecule has 0 aromatic rings. The number of carbonyl (C=O) groups is 3. The van der Waals surface area contributed by atoms with E-state index in [0.29, 0.717) is 12.8 Å². The van der Waals surface area contributed by atoms with Crippen LogP contribution in [0.3, 0.4) is 0 Å². The zero-order valence-electron chi connectivity index (χ0n) is 19.4. The molecule has 0 aromatic heterocycles. The first-order chi connectivity index (χ1) is 15.3. The molecular weight excluding hydrogens is 412 g/mol. The smallest absolute Gasteiger partial charge is 0.306 e. The van der Waals surface area contributed by atoms with E-state index in [9.17, 15) is 24.6 Å². The van der Waals surface area contributed by atoms with Crippen molar-refractivity contribution in [3.05, 3.63) is 24.3 Å². The van der Waals surface area contributed by atoms with Gasteiger partial charge in [-0.25, -0.2) is 0 Å². The largest absolute Gasteiger partial charge is 0.481 e. The Morgan fingerprint density at radius 3 is 2.62 bits per heavy atom. The molecule has 0 radical (unpaired) electrons. The lowest BCUT2D eigenvalue weighted by Gasteiger charge is -2.19. The molecular formula is C25H40O7. The molecule has 7 nitrogen and oxygen atoms in total. The summed E-state index contributed by atoms with van der Waals surface area (Å²) in [6, 6.07) is 0. The summed E-state index contributed by atoms with van der Waals surface area (Å²) in [6.45, 7) is 4.40. The number of allylic oxidation sites excluding steroid dienone is 2. The van der Waals surface area contributed by atoms with Gasteiger partial charge in [-0.1, -0.05) is 51.0 Å². The Bertz CT molecular complexity index is 640. The maximum absolute atomic E-state index is 12.3. The number of aliphatic hydroxyl groups is 2. The van der Waals surface area contributed by atoms with E-state index < -0.39 is 24.1 Å². The van der Waals surface area contributed by atoms with Crippen molar-refractivity contribution in [2.24, 2.45) is 17.8 Å². The summed E-state index contributed by atoms with van der Waals surface area (Å²) in [5, 5.41) is 29.1. The van der Waals surface area contributed by atoms with E-state index in [4.69, 9.17) is 9.84 Å². The van der Waals surface area contributed by atoms with Gasteiger partial charge in [0.25, 0.3) is 0 Å². The minimum atomic E-state index is -1.02. The van der Waals surface area contributed by atoms with Gasteiger partial charge in [0.2, 0.25) is 0 Å². The Morgan fingerprint density at radius 1 is 1.19 bits per heavy atom. The molecule has 1 unspecified atom stereocenters. The van der Waals surface area contributed by atoms with Crippen LogP contribution in [-0.4, -0.2) is 51.9 Å². The summed E-state index contributed by atoms with van der Waals surface area (Å²) in [6.07, 6.45) is 12.0. The zero-order valence-corrected chi connectivity index (χ0v) is 19.4. The van der Waals surface area contributed by atoms with Gasteiger partial charge in [0, 0.05) is 18.3 Å².